The molecular formula is C24H36N2O6. The molecule has 1 heterocycles. The Kier molecular flexibility index (Phi) is 11.0. The number of hydrogen-bond acceptors (Lipinski definition) is 6. The SMILES string of the molecule is CC(C)CCCC(=O)Cn1cccc(CC(=O)[C@H](CCC=O)NC(=O)OC(C)(C)C)c1=O. The van der Waals surface area contributed by atoms with Crippen molar-refractivity contribution in [3.8, 4) is 0 Å². The minimum absolute atomic E-state index is 0.0355. The zero-order valence-corrected chi connectivity index (χ0v) is 19.8. The Morgan fingerprint density at radius 3 is 2.47 bits per heavy atom. The maximum absolute atomic E-state index is 12.8. The first-order valence-corrected chi connectivity index (χ1v) is 11.1. The topological polar surface area (TPSA) is 112 Å². The Bertz CT molecular complexity index is 851. The van der Waals surface area contributed by atoms with Gasteiger partial charge >= 0.3 is 6.09 Å². The van der Waals surface area contributed by atoms with E-state index in [4.69, 9.17) is 4.74 Å². The number of ether oxygens (including phenoxy) is 1. The van der Waals surface area contributed by atoms with E-state index < -0.39 is 29.1 Å². The summed E-state index contributed by atoms with van der Waals surface area (Å²) >= 11 is 0. The van der Waals surface area contributed by atoms with Gasteiger partial charge < -0.3 is 19.4 Å². The molecule has 0 saturated heterocycles. The van der Waals surface area contributed by atoms with Crippen LogP contribution in [0.4, 0.5) is 4.79 Å². The van der Waals surface area contributed by atoms with Gasteiger partial charge in [0.15, 0.2) is 11.6 Å². The molecule has 0 spiro atoms. The number of carbonyl (C=O) groups is 4. The summed E-state index contributed by atoms with van der Waals surface area (Å²) in [6.45, 7) is 9.25. The molecule has 0 aromatic carbocycles. The summed E-state index contributed by atoms with van der Waals surface area (Å²) in [6.07, 6.45) is 3.52. The molecule has 8 heteroatoms. The number of aldehydes is 1. The molecule has 32 heavy (non-hydrogen) atoms. The number of alkyl carbamates (subject to hydrolysis) is 1. The average Bonchev–Trinajstić information content (AvgIpc) is 2.66. The highest BCUT2D eigenvalue weighted by molar-refractivity contribution is 5.89. The fourth-order valence-corrected chi connectivity index (χ4v) is 3.13. The normalized spacial score (nSPS) is 12.3. The summed E-state index contributed by atoms with van der Waals surface area (Å²) in [5.41, 5.74) is -0.920. The number of pyridine rings is 1. The van der Waals surface area contributed by atoms with Gasteiger partial charge in [0, 0.05) is 31.0 Å². The van der Waals surface area contributed by atoms with Gasteiger partial charge in [-0.2, -0.15) is 0 Å². The average molecular weight is 449 g/mol. The van der Waals surface area contributed by atoms with Gasteiger partial charge in [-0.05, 0) is 45.6 Å². The lowest BCUT2D eigenvalue weighted by molar-refractivity contribution is -0.121. The summed E-state index contributed by atoms with van der Waals surface area (Å²) in [5.74, 6) is 0.0730. The Morgan fingerprint density at radius 1 is 1.19 bits per heavy atom. The number of aromatic nitrogens is 1. The molecule has 1 aromatic heterocycles. The Hall–Kier alpha value is -2.77. The van der Waals surface area contributed by atoms with Gasteiger partial charge in [0.1, 0.15) is 11.9 Å². The molecule has 1 rings (SSSR count). The van der Waals surface area contributed by atoms with E-state index in [1.54, 1.807) is 26.8 Å². The minimum atomic E-state index is -0.958. The van der Waals surface area contributed by atoms with E-state index in [2.05, 4.69) is 19.2 Å². The largest absolute Gasteiger partial charge is 0.444 e. The minimum Gasteiger partial charge on any atom is -0.444 e. The van der Waals surface area contributed by atoms with Crippen molar-refractivity contribution in [3.63, 3.8) is 0 Å². The number of Topliss-reactive ketones (excluding diaryl/α,β-unsaturated/α-hetero) is 2. The van der Waals surface area contributed by atoms with Crippen LogP contribution in [0.3, 0.4) is 0 Å². The van der Waals surface area contributed by atoms with Gasteiger partial charge in [-0.1, -0.05) is 26.3 Å². The summed E-state index contributed by atoms with van der Waals surface area (Å²) < 4.78 is 6.50. The van der Waals surface area contributed by atoms with Crippen LogP contribution >= 0.6 is 0 Å². The first-order chi connectivity index (χ1) is 14.9. The van der Waals surface area contributed by atoms with Crippen LogP contribution in [0.1, 0.15) is 72.3 Å². The lowest BCUT2D eigenvalue weighted by atomic mass is 10.0. The maximum atomic E-state index is 12.8. The summed E-state index contributed by atoms with van der Waals surface area (Å²) in [4.78, 5) is 60.6. The van der Waals surface area contributed by atoms with Crippen molar-refractivity contribution < 1.29 is 23.9 Å². The molecule has 0 aliphatic heterocycles. The molecule has 0 unspecified atom stereocenters. The number of nitrogens with zero attached hydrogens (tertiary/aromatic N) is 1. The van der Waals surface area contributed by atoms with Crippen molar-refractivity contribution in [2.45, 2.75) is 91.3 Å². The van der Waals surface area contributed by atoms with Crippen molar-refractivity contribution in [2.75, 3.05) is 0 Å². The van der Waals surface area contributed by atoms with Crippen molar-refractivity contribution in [1.82, 2.24) is 9.88 Å². The molecule has 178 valence electrons. The molecule has 1 N–H and O–H groups in total. The molecular weight excluding hydrogens is 412 g/mol. The molecule has 0 aliphatic rings. The Morgan fingerprint density at radius 2 is 1.88 bits per heavy atom. The predicted molar refractivity (Wildman–Crippen MR) is 122 cm³/mol. The van der Waals surface area contributed by atoms with Crippen LogP contribution in [-0.2, 0) is 32.1 Å². The fourth-order valence-electron chi connectivity index (χ4n) is 3.13. The first kappa shape index (κ1) is 27.3. The second kappa shape index (κ2) is 12.9. The monoisotopic (exact) mass is 448 g/mol. The van der Waals surface area contributed by atoms with Crippen molar-refractivity contribution in [3.05, 3.63) is 34.2 Å². The highest BCUT2D eigenvalue weighted by atomic mass is 16.6. The third kappa shape index (κ3) is 10.5. The van der Waals surface area contributed by atoms with Gasteiger partial charge in [0.05, 0.1) is 12.6 Å². The lowest BCUT2D eigenvalue weighted by Gasteiger charge is -2.23. The molecule has 1 atom stereocenters. The molecule has 1 aromatic rings. The van der Waals surface area contributed by atoms with Gasteiger partial charge in [-0.15, -0.1) is 0 Å². The Labute approximate surface area is 189 Å². The molecule has 0 fully saturated rings. The molecule has 0 aliphatic carbocycles. The lowest BCUT2D eigenvalue weighted by Crippen LogP contribution is -2.44. The number of hydrogen-bond donors (Lipinski definition) is 1. The number of amides is 1. The second-order valence-corrected chi connectivity index (χ2v) is 9.38. The molecule has 0 bridgehead atoms. The zero-order valence-electron chi connectivity index (χ0n) is 19.8. The highest BCUT2D eigenvalue weighted by Gasteiger charge is 2.25. The zero-order chi connectivity index (χ0) is 24.3. The number of carbonyl (C=O) groups excluding carboxylic acids is 4. The number of nitrogens with one attached hydrogen (secondary N) is 1. The van der Waals surface area contributed by atoms with Crippen LogP contribution in [0.15, 0.2) is 23.1 Å². The van der Waals surface area contributed by atoms with Crippen LogP contribution in [0, 0.1) is 5.92 Å². The van der Waals surface area contributed by atoms with Crippen molar-refractivity contribution in [1.29, 1.82) is 0 Å². The van der Waals surface area contributed by atoms with E-state index in [1.807, 2.05) is 0 Å². The smallest absolute Gasteiger partial charge is 0.408 e. The van der Waals surface area contributed by atoms with Crippen LogP contribution < -0.4 is 10.9 Å². The van der Waals surface area contributed by atoms with Crippen LogP contribution in [0.25, 0.3) is 0 Å². The van der Waals surface area contributed by atoms with E-state index in [0.717, 1.165) is 12.8 Å². The van der Waals surface area contributed by atoms with E-state index in [-0.39, 0.29) is 37.2 Å². The molecule has 8 nitrogen and oxygen atoms in total. The van der Waals surface area contributed by atoms with Gasteiger partial charge in [-0.25, -0.2) is 4.79 Å². The molecule has 0 radical (unpaired) electrons. The third-order valence-corrected chi connectivity index (χ3v) is 4.70. The van der Waals surface area contributed by atoms with Gasteiger partial charge in [0.25, 0.3) is 5.56 Å². The third-order valence-electron chi connectivity index (χ3n) is 4.70. The maximum Gasteiger partial charge on any atom is 0.408 e. The van der Waals surface area contributed by atoms with Gasteiger partial charge in [0.2, 0.25) is 0 Å². The highest BCUT2D eigenvalue weighted by Crippen LogP contribution is 2.10. The quantitative estimate of drug-likeness (QED) is 0.464. The van der Waals surface area contributed by atoms with Gasteiger partial charge in [-0.3, -0.25) is 14.4 Å². The van der Waals surface area contributed by atoms with Crippen LogP contribution in [0.5, 0.6) is 0 Å². The first-order valence-electron chi connectivity index (χ1n) is 11.1. The second-order valence-electron chi connectivity index (χ2n) is 9.38. The van der Waals surface area contributed by atoms with Crippen molar-refractivity contribution >= 4 is 23.9 Å². The predicted octanol–water partition coefficient (Wildman–Crippen LogP) is 3.23. The van der Waals surface area contributed by atoms with Crippen LogP contribution in [0.2, 0.25) is 0 Å². The molecule has 1 amide bonds. The van der Waals surface area contributed by atoms with E-state index >= 15 is 0 Å². The summed E-state index contributed by atoms with van der Waals surface area (Å²) in [5, 5.41) is 2.49. The number of ketones is 2. The number of rotatable bonds is 13. The Balaban J connectivity index is 2.86. The standard InChI is InChI=1S/C24H36N2O6/c1-17(2)9-6-11-19(28)16-26-13-7-10-18(22(26)30)15-21(29)20(12-8-14-27)25-23(31)32-24(3,4)5/h7,10,13-14,17,20H,6,8-9,11-12,15-16H2,1-5H3,(H,25,31)/t20-/m0/s1. The fraction of sp³-hybridized carbons (Fsp3) is 0.625. The van der Waals surface area contributed by atoms with Crippen molar-refractivity contribution in [2.24, 2.45) is 5.92 Å². The summed E-state index contributed by atoms with van der Waals surface area (Å²) in [6, 6.07) is 2.19. The van der Waals surface area contributed by atoms with E-state index in [0.29, 0.717) is 18.6 Å². The molecule has 0 saturated carbocycles. The van der Waals surface area contributed by atoms with E-state index in [1.165, 1.54) is 16.8 Å². The van der Waals surface area contributed by atoms with E-state index in [9.17, 15) is 24.0 Å². The van der Waals surface area contributed by atoms with Crippen LogP contribution in [-0.4, -0.2) is 40.2 Å². The summed E-state index contributed by atoms with van der Waals surface area (Å²) in [7, 11) is 0.